The molecule has 0 spiro atoms. The van der Waals surface area contributed by atoms with Gasteiger partial charge in [-0.15, -0.1) is 0 Å². The van der Waals surface area contributed by atoms with E-state index in [2.05, 4.69) is 9.69 Å². The van der Waals surface area contributed by atoms with Crippen molar-refractivity contribution >= 4 is 46.0 Å². The Morgan fingerprint density at radius 3 is 1.95 bits per heavy atom. The van der Waals surface area contributed by atoms with Crippen LogP contribution in [0.15, 0.2) is 36.4 Å². The first-order valence-corrected chi connectivity index (χ1v) is 6.38. The van der Waals surface area contributed by atoms with Crippen molar-refractivity contribution in [3.8, 4) is 0 Å². The highest BCUT2D eigenvalue weighted by atomic mass is 35.5. The van der Waals surface area contributed by atoms with E-state index in [9.17, 15) is 10.1 Å². The van der Waals surface area contributed by atoms with Crippen molar-refractivity contribution in [2.75, 3.05) is 5.73 Å². The maximum absolute atomic E-state index is 10.2. The number of anilines is 1. The zero-order chi connectivity index (χ0) is 16.7. The molecular formula is C14H8Cl2N4O2. The number of nitro groups is 1. The lowest BCUT2D eigenvalue weighted by Crippen LogP contribution is -1.86. The van der Waals surface area contributed by atoms with Crippen LogP contribution in [0, 0.1) is 23.3 Å². The molecule has 110 valence electrons. The molecule has 0 fully saturated rings. The molecule has 0 atom stereocenters. The molecule has 2 rings (SSSR count). The number of non-ortho nitro benzene ring substituents is 1. The summed E-state index contributed by atoms with van der Waals surface area (Å²) in [6.07, 6.45) is 0. The predicted molar refractivity (Wildman–Crippen MR) is 86.5 cm³/mol. The molecule has 0 unspecified atom stereocenters. The third kappa shape index (κ3) is 4.64. The van der Waals surface area contributed by atoms with Crippen molar-refractivity contribution < 1.29 is 4.92 Å². The average molecular weight is 335 g/mol. The third-order valence-electron chi connectivity index (χ3n) is 2.35. The topological polar surface area (TPSA) is 77.9 Å². The Hall–Kier alpha value is -2.80. The van der Waals surface area contributed by atoms with Crippen LogP contribution in [0.1, 0.15) is 0 Å². The second-order valence-corrected chi connectivity index (χ2v) is 4.64. The molecule has 2 N–H and O–H groups in total. The Bertz CT molecular complexity index is 794. The molecular weight excluding hydrogens is 327 g/mol. The van der Waals surface area contributed by atoms with E-state index >= 15 is 0 Å². The lowest BCUT2D eigenvalue weighted by Gasteiger charge is -1.94. The fourth-order valence-corrected chi connectivity index (χ4v) is 1.64. The minimum Gasteiger partial charge on any atom is -0.400 e. The van der Waals surface area contributed by atoms with E-state index in [0.29, 0.717) is 16.4 Å². The normalized spacial score (nSPS) is 8.91. The van der Waals surface area contributed by atoms with Gasteiger partial charge in [-0.3, -0.25) is 10.1 Å². The number of rotatable bonds is 1. The summed E-state index contributed by atoms with van der Waals surface area (Å²) in [4.78, 5) is 15.9. The van der Waals surface area contributed by atoms with Gasteiger partial charge in [0.15, 0.2) is 0 Å². The number of halogens is 2. The summed E-state index contributed by atoms with van der Waals surface area (Å²) in [5.74, 6) is 0. The first-order valence-electron chi connectivity index (χ1n) is 5.63. The molecule has 22 heavy (non-hydrogen) atoms. The van der Waals surface area contributed by atoms with Gasteiger partial charge in [0, 0.05) is 27.9 Å². The van der Waals surface area contributed by atoms with Gasteiger partial charge in [-0.25, -0.2) is 9.69 Å². The van der Waals surface area contributed by atoms with E-state index in [1.807, 2.05) is 0 Å². The summed E-state index contributed by atoms with van der Waals surface area (Å²) >= 11 is 11.2. The Kier molecular flexibility index (Phi) is 6.15. The molecule has 0 saturated heterocycles. The summed E-state index contributed by atoms with van der Waals surface area (Å²) < 4.78 is 0. The van der Waals surface area contributed by atoms with Gasteiger partial charge in [-0.05, 0) is 18.2 Å². The van der Waals surface area contributed by atoms with Crippen molar-refractivity contribution in [1.82, 2.24) is 0 Å². The van der Waals surface area contributed by atoms with Crippen molar-refractivity contribution in [3.05, 3.63) is 79.4 Å². The van der Waals surface area contributed by atoms with Crippen LogP contribution in [0.2, 0.25) is 10.0 Å². The summed E-state index contributed by atoms with van der Waals surface area (Å²) in [5, 5.41) is 10.9. The van der Waals surface area contributed by atoms with Crippen molar-refractivity contribution in [1.29, 1.82) is 0 Å². The molecule has 0 bridgehead atoms. The van der Waals surface area contributed by atoms with Gasteiger partial charge >= 0.3 is 0 Å². The van der Waals surface area contributed by atoms with Gasteiger partial charge < -0.3 is 5.73 Å². The quantitative estimate of drug-likeness (QED) is 0.334. The first-order chi connectivity index (χ1) is 10.4. The Morgan fingerprint density at radius 2 is 1.50 bits per heavy atom. The average Bonchev–Trinajstić information content (AvgIpc) is 2.50. The van der Waals surface area contributed by atoms with E-state index in [0.717, 1.165) is 6.07 Å². The summed E-state index contributed by atoms with van der Waals surface area (Å²) in [7, 11) is 0. The van der Waals surface area contributed by atoms with Crippen LogP contribution >= 0.6 is 23.2 Å². The largest absolute Gasteiger partial charge is 0.400 e. The van der Waals surface area contributed by atoms with Gasteiger partial charge in [-0.2, -0.15) is 0 Å². The van der Waals surface area contributed by atoms with Crippen LogP contribution in [0.3, 0.4) is 0 Å². The first kappa shape index (κ1) is 17.3. The molecule has 2 aromatic carbocycles. The van der Waals surface area contributed by atoms with Crippen LogP contribution in [0.5, 0.6) is 0 Å². The van der Waals surface area contributed by atoms with Crippen molar-refractivity contribution in [2.24, 2.45) is 0 Å². The Labute approximate surface area is 136 Å². The minimum absolute atomic E-state index is 0.103. The molecule has 0 aliphatic rings. The number of nitrogen functional groups attached to an aromatic ring is 1. The third-order valence-corrected chi connectivity index (χ3v) is 2.99. The van der Waals surface area contributed by atoms with E-state index in [4.69, 9.17) is 42.1 Å². The van der Waals surface area contributed by atoms with E-state index < -0.39 is 4.92 Å². The maximum Gasteiger partial charge on any atom is 0.259 e. The van der Waals surface area contributed by atoms with Crippen LogP contribution in [-0.4, -0.2) is 4.92 Å². The lowest BCUT2D eigenvalue weighted by molar-refractivity contribution is -0.384. The van der Waals surface area contributed by atoms with Gasteiger partial charge in [0.25, 0.3) is 5.69 Å². The number of benzene rings is 2. The molecule has 0 saturated carbocycles. The van der Waals surface area contributed by atoms with Crippen LogP contribution < -0.4 is 5.73 Å². The van der Waals surface area contributed by atoms with Crippen LogP contribution in [0.25, 0.3) is 9.69 Å². The highest BCUT2D eigenvalue weighted by Gasteiger charge is 2.08. The molecule has 0 heterocycles. The smallest absolute Gasteiger partial charge is 0.259 e. The molecule has 0 amide bonds. The minimum atomic E-state index is -0.564. The summed E-state index contributed by atoms with van der Waals surface area (Å²) in [6.45, 7) is 13.3. The van der Waals surface area contributed by atoms with Crippen LogP contribution in [-0.2, 0) is 0 Å². The standard InChI is InChI=1S/C7H3ClN2O2.C7H5ClN2/c1-9-7-4-5(10(11)12)2-3-6(7)8;1-10-7-4-5(9)2-3-6(7)8/h2-4H;2-4H,9H2. The molecule has 0 aromatic heterocycles. The molecule has 0 aliphatic heterocycles. The van der Waals surface area contributed by atoms with E-state index in [1.54, 1.807) is 18.2 Å². The van der Waals surface area contributed by atoms with E-state index in [-0.39, 0.29) is 16.4 Å². The van der Waals surface area contributed by atoms with Crippen molar-refractivity contribution in [2.45, 2.75) is 0 Å². The second-order valence-electron chi connectivity index (χ2n) is 3.83. The SMILES string of the molecule is [C-]#[N+]c1cc(N)ccc1Cl.[C-]#[N+]c1cc([N+](=O)[O-])ccc1Cl. The maximum atomic E-state index is 10.2. The molecule has 0 aliphatic carbocycles. The monoisotopic (exact) mass is 334 g/mol. The highest BCUT2D eigenvalue weighted by Crippen LogP contribution is 2.28. The zero-order valence-electron chi connectivity index (χ0n) is 11.0. The van der Waals surface area contributed by atoms with Crippen LogP contribution in [0.4, 0.5) is 22.7 Å². The van der Waals surface area contributed by atoms with Gasteiger partial charge in [0.1, 0.15) is 0 Å². The summed E-state index contributed by atoms with van der Waals surface area (Å²) in [5.41, 5.74) is 6.35. The Morgan fingerprint density at radius 1 is 1.00 bits per heavy atom. The molecule has 8 heteroatoms. The molecule has 2 aromatic rings. The van der Waals surface area contributed by atoms with Gasteiger partial charge in [0.05, 0.1) is 18.1 Å². The van der Waals surface area contributed by atoms with Gasteiger partial charge in [0.2, 0.25) is 11.4 Å². The predicted octanol–water partition coefficient (Wildman–Crippen LogP) is 5.27. The lowest BCUT2D eigenvalue weighted by atomic mass is 10.3. The fraction of sp³-hybridized carbons (Fsp3) is 0. The van der Waals surface area contributed by atoms with Gasteiger partial charge in [-0.1, -0.05) is 29.3 Å². The van der Waals surface area contributed by atoms with E-state index in [1.165, 1.54) is 12.1 Å². The number of nitrogens with zero attached hydrogens (tertiary/aromatic N) is 3. The second kappa shape index (κ2) is 7.84. The fourth-order valence-electron chi connectivity index (χ4n) is 1.32. The number of hydrogen-bond donors (Lipinski definition) is 1. The number of nitro benzene ring substituents is 1. The van der Waals surface area contributed by atoms with Crippen molar-refractivity contribution in [3.63, 3.8) is 0 Å². The Balaban J connectivity index is 0.000000224. The molecule has 6 nitrogen and oxygen atoms in total. The number of nitrogens with two attached hydrogens (primary N) is 1. The molecule has 0 radical (unpaired) electrons. The zero-order valence-corrected chi connectivity index (χ0v) is 12.5. The number of hydrogen-bond acceptors (Lipinski definition) is 3. The summed E-state index contributed by atoms with van der Waals surface area (Å²) in [6, 6.07) is 8.58. The highest BCUT2D eigenvalue weighted by molar-refractivity contribution is 6.33.